The molecule has 1 heterocycles. The summed E-state index contributed by atoms with van der Waals surface area (Å²) in [5.74, 6) is 0.118. The molecule has 0 aromatic carbocycles. The highest BCUT2D eigenvalue weighted by Crippen LogP contribution is 2.50. The summed E-state index contributed by atoms with van der Waals surface area (Å²) >= 11 is 0. The number of nitrogens with zero attached hydrogens (tertiary/aromatic N) is 2. The van der Waals surface area contributed by atoms with Gasteiger partial charge in [-0.25, -0.2) is 0 Å². The fourth-order valence-electron chi connectivity index (χ4n) is 1.78. The lowest BCUT2D eigenvalue weighted by Gasteiger charge is -1.96. The lowest BCUT2D eigenvalue weighted by atomic mass is 10.1. The summed E-state index contributed by atoms with van der Waals surface area (Å²) in [7, 11) is 0. The molecule has 2 aliphatic carbocycles. The van der Waals surface area contributed by atoms with E-state index in [0.29, 0.717) is 12.3 Å². The van der Waals surface area contributed by atoms with E-state index in [1.54, 1.807) is 0 Å². The maximum atomic E-state index is 10.7. The molecule has 1 aromatic rings. The van der Waals surface area contributed by atoms with Gasteiger partial charge in [0.25, 0.3) is 0 Å². The van der Waals surface area contributed by atoms with Gasteiger partial charge in [0.05, 0.1) is 11.8 Å². The zero-order valence-corrected chi connectivity index (χ0v) is 8.43. The Kier molecular flexibility index (Phi) is 1.53. The first-order valence-corrected chi connectivity index (χ1v) is 5.17. The van der Waals surface area contributed by atoms with Crippen molar-refractivity contribution >= 4 is 5.97 Å². The molecule has 2 unspecified atom stereocenters. The van der Waals surface area contributed by atoms with Crippen LogP contribution in [0.3, 0.4) is 0 Å². The van der Waals surface area contributed by atoms with Crippen LogP contribution in [-0.2, 0) is 10.2 Å². The Bertz CT molecular complexity index is 422. The average Bonchev–Trinajstić information content (AvgIpc) is 3.08. The lowest BCUT2D eigenvalue weighted by molar-refractivity contribution is -0.138. The molecule has 3 rings (SSSR count). The third kappa shape index (κ3) is 1.33. The van der Waals surface area contributed by atoms with Gasteiger partial charge < -0.3 is 9.63 Å². The van der Waals surface area contributed by atoms with Crippen molar-refractivity contribution in [1.29, 1.82) is 0 Å². The van der Waals surface area contributed by atoms with E-state index in [2.05, 4.69) is 17.1 Å². The predicted octanol–water partition coefficient (Wildman–Crippen LogP) is 1.31. The van der Waals surface area contributed by atoms with Crippen molar-refractivity contribution < 1.29 is 14.4 Å². The van der Waals surface area contributed by atoms with Gasteiger partial charge in [0, 0.05) is 5.41 Å². The molecule has 0 saturated heterocycles. The second-order valence-corrected chi connectivity index (χ2v) is 4.80. The van der Waals surface area contributed by atoms with Gasteiger partial charge in [0.2, 0.25) is 5.89 Å². The minimum Gasteiger partial charge on any atom is -0.481 e. The summed E-state index contributed by atoms with van der Waals surface area (Å²) in [6.45, 7) is 2.10. The zero-order valence-electron chi connectivity index (χ0n) is 8.43. The van der Waals surface area contributed by atoms with Crippen molar-refractivity contribution in [1.82, 2.24) is 10.1 Å². The maximum absolute atomic E-state index is 10.7. The molecule has 2 saturated carbocycles. The summed E-state index contributed by atoms with van der Waals surface area (Å²) < 4.78 is 5.11. The van der Waals surface area contributed by atoms with Crippen molar-refractivity contribution in [2.45, 2.75) is 37.5 Å². The number of aromatic nitrogens is 2. The van der Waals surface area contributed by atoms with Crippen molar-refractivity contribution in [3.05, 3.63) is 11.7 Å². The number of rotatable bonds is 3. The highest BCUT2D eigenvalue weighted by Gasteiger charge is 2.50. The molecule has 0 amide bonds. The Morgan fingerprint density at radius 1 is 1.60 bits per heavy atom. The van der Waals surface area contributed by atoms with Crippen LogP contribution >= 0.6 is 0 Å². The van der Waals surface area contributed by atoms with E-state index in [-0.39, 0.29) is 17.3 Å². The second-order valence-electron chi connectivity index (χ2n) is 4.80. The summed E-state index contributed by atoms with van der Waals surface area (Å²) in [6, 6.07) is 0. The van der Waals surface area contributed by atoms with Gasteiger partial charge in [0.1, 0.15) is 0 Å². The Labute approximate surface area is 86.5 Å². The molecule has 15 heavy (non-hydrogen) atoms. The first-order valence-electron chi connectivity index (χ1n) is 5.17. The second kappa shape index (κ2) is 2.59. The van der Waals surface area contributed by atoms with E-state index >= 15 is 0 Å². The first-order chi connectivity index (χ1) is 7.10. The molecular weight excluding hydrogens is 196 g/mol. The maximum Gasteiger partial charge on any atom is 0.307 e. The SMILES string of the molecule is CC1(c2noc(C3CC3C(=O)O)n2)CC1. The normalized spacial score (nSPS) is 31.3. The predicted molar refractivity (Wildman–Crippen MR) is 49.4 cm³/mol. The van der Waals surface area contributed by atoms with Crippen LogP contribution in [0.2, 0.25) is 0 Å². The highest BCUT2D eigenvalue weighted by molar-refractivity contribution is 5.74. The molecule has 5 nitrogen and oxygen atoms in total. The van der Waals surface area contributed by atoms with E-state index in [1.165, 1.54) is 0 Å². The molecule has 1 aromatic heterocycles. The van der Waals surface area contributed by atoms with Gasteiger partial charge in [0.15, 0.2) is 5.82 Å². The van der Waals surface area contributed by atoms with Crippen LogP contribution in [0.25, 0.3) is 0 Å². The quantitative estimate of drug-likeness (QED) is 0.810. The number of hydrogen-bond acceptors (Lipinski definition) is 4. The van der Waals surface area contributed by atoms with Crippen LogP contribution in [-0.4, -0.2) is 21.2 Å². The molecule has 0 bridgehead atoms. The third-order valence-corrected chi connectivity index (χ3v) is 3.41. The average molecular weight is 208 g/mol. The van der Waals surface area contributed by atoms with Gasteiger partial charge in [-0.1, -0.05) is 12.1 Å². The van der Waals surface area contributed by atoms with Gasteiger partial charge >= 0.3 is 5.97 Å². The van der Waals surface area contributed by atoms with Gasteiger partial charge in [-0.05, 0) is 19.3 Å². The number of carboxylic acids is 1. The Morgan fingerprint density at radius 3 is 2.87 bits per heavy atom. The molecule has 0 radical (unpaired) electrons. The fourth-order valence-corrected chi connectivity index (χ4v) is 1.78. The molecule has 2 aliphatic rings. The molecule has 5 heteroatoms. The summed E-state index contributed by atoms with van der Waals surface area (Å²) in [5, 5.41) is 12.7. The van der Waals surface area contributed by atoms with E-state index in [9.17, 15) is 4.79 Å². The molecule has 0 aliphatic heterocycles. The van der Waals surface area contributed by atoms with Crippen LogP contribution in [0.5, 0.6) is 0 Å². The first kappa shape index (κ1) is 8.88. The van der Waals surface area contributed by atoms with Gasteiger partial charge in [-0.2, -0.15) is 4.98 Å². The number of hydrogen-bond donors (Lipinski definition) is 1. The Morgan fingerprint density at radius 2 is 2.33 bits per heavy atom. The van der Waals surface area contributed by atoms with Gasteiger partial charge in [-0.15, -0.1) is 0 Å². The minimum absolute atomic E-state index is 0.0499. The van der Waals surface area contributed by atoms with Crippen molar-refractivity contribution in [3.8, 4) is 0 Å². The lowest BCUT2D eigenvalue weighted by Crippen LogP contribution is -2.03. The molecule has 2 fully saturated rings. The van der Waals surface area contributed by atoms with Crippen LogP contribution in [0.15, 0.2) is 4.52 Å². The molecule has 1 N–H and O–H groups in total. The molecular formula is C10H12N2O3. The molecule has 80 valence electrons. The van der Waals surface area contributed by atoms with E-state index in [1.807, 2.05) is 0 Å². The largest absolute Gasteiger partial charge is 0.481 e. The van der Waals surface area contributed by atoms with Crippen LogP contribution < -0.4 is 0 Å². The zero-order chi connectivity index (χ0) is 10.6. The van der Waals surface area contributed by atoms with E-state index < -0.39 is 5.97 Å². The number of carboxylic acid groups (broad SMARTS) is 1. The fraction of sp³-hybridized carbons (Fsp3) is 0.700. The highest BCUT2D eigenvalue weighted by atomic mass is 16.5. The standard InChI is InChI=1S/C10H12N2O3/c1-10(2-3-10)9-11-7(15-12-9)5-4-6(5)8(13)14/h5-6H,2-4H2,1H3,(H,13,14). The van der Waals surface area contributed by atoms with Crippen molar-refractivity contribution in [2.75, 3.05) is 0 Å². The number of carbonyl (C=O) groups is 1. The summed E-state index contributed by atoms with van der Waals surface area (Å²) in [4.78, 5) is 15.0. The summed E-state index contributed by atoms with van der Waals surface area (Å²) in [5.41, 5.74) is 0.0926. The van der Waals surface area contributed by atoms with E-state index in [0.717, 1.165) is 18.7 Å². The van der Waals surface area contributed by atoms with Gasteiger partial charge in [-0.3, -0.25) is 4.79 Å². The van der Waals surface area contributed by atoms with Crippen LogP contribution in [0.1, 0.15) is 43.8 Å². The van der Waals surface area contributed by atoms with E-state index in [4.69, 9.17) is 9.63 Å². The smallest absolute Gasteiger partial charge is 0.307 e. The number of aliphatic carboxylic acids is 1. The monoisotopic (exact) mass is 208 g/mol. The minimum atomic E-state index is -0.766. The molecule has 2 atom stereocenters. The van der Waals surface area contributed by atoms with Crippen molar-refractivity contribution in [2.24, 2.45) is 5.92 Å². The topological polar surface area (TPSA) is 76.2 Å². The van der Waals surface area contributed by atoms with Crippen LogP contribution in [0, 0.1) is 5.92 Å². The Hall–Kier alpha value is -1.39. The summed E-state index contributed by atoms with van der Waals surface area (Å²) in [6.07, 6.45) is 2.83. The third-order valence-electron chi connectivity index (χ3n) is 3.41. The van der Waals surface area contributed by atoms with Crippen LogP contribution in [0.4, 0.5) is 0 Å². The van der Waals surface area contributed by atoms with Crippen molar-refractivity contribution in [3.63, 3.8) is 0 Å². The molecule has 0 spiro atoms. The Balaban J connectivity index is 1.78.